The number of hydrogen-bond donors (Lipinski definition) is 1. The largest absolute Gasteiger partial charge is 0.374 e. The summed E-state index contributed by atoms with van der Waals surface area (Å²) in [6, 6.07) is 6.53. The maximum absolute atomic E-state index is 3.53. The Morgan fingerprint density at radius 3 is 2.81 bits per heavy atom. The summed E-state index contributed by atoms with van der Waals surface area (Å²) in [5.74, 6) is 0.927. The Kier molecular flexibility index (Phi) is 3.87. The van der Waals surface area contributed by atoms with Gasteiger partial charge in [0.05, 0.1) is 0 Å². The molecule has 16 heavy (non-hydrogen) atoms. The Labute approximate surface area is 106 Å². The molecule has 0 atom stereocenters. The molecule has 2 nitrogen and oxygen atoms in total. The second-order valence-electron chi connectivity index (χ2n) is 4.63. The van der Waals surface area contributed by atoms with Gasteiger partial charge >= 0.3 is 0 Å². The lowest BCUT2D eigenvalue weighted by Crippen LogP contribution is -2.22. The van der Waals surface area contributed by atoms with Crippen LogP contribution in [0.1, 0.15) is 18.4 Å². The molecule has 0 saturated heterocycles. The van der Waals surface area contributed by atoms with Crippen LogP contribution in [-0.4, -0.2) is 20.6 Å². The zero-order valence-corrected chi connectivity index (χ0v) is 11.5. The van der Waals surface area contributed by atoms with Gasteiger partial charge in [0, 0.05) is 30.3 Å². The lowest BCUT2D eigenvalue weighted by molar-refractivity contribution is 0.767. The number of anilines is 1. The minimum atomic E-state index is 0.920. The summed E-state index contributed by atoms with van der Waals surface area (Å²) in [4.78, 5) is 2.39. The predicted octanol–water partition coefficient (Wildman–Crippen LogP) is 3.01. The van der Waals surface area contributed by atoms with Gasteiger partial charge in [-0.2, -0.15) is 0 Å². The van der Waals surface area contributed by atoms with E-state index < -0.39 is 0 Å². The molecular formula is C13H19BrN2. The fourth-order valence-corrected chi connectivity index (χ4v) is 2.45. The van der Waals surface area contributed by atoms with E-state index in [0.717, 1.165) is 16.9 Å². The van der Waals surface area contributed by atoms with Crippen LogP contribution >= 0.6 is 15.9 Å². The van der Waals surface area contributed by atoms with Crippen molar-refractivity contribution in [2.45, 2.75) is 19.4 Å². The third-order valence-electron chi connectivity index (χ3n) is 3.05. The van der Waals surface area contributed by atoms with Gasteiger partial charge in [-0.3, -0.25) is 0 Å². The maximum Gasteiger partial charge on any atom is 0.0410 e. The molecule has 1 aromatic carbocycles. The van der Waals surface area contributed by atoms with Gasteiger partial charge in [0.1, 0.15) is 0 Å². The lowest BCUT2D eigenvalue weighted by Gasteiger charge is -2.22. The number of benzene rings is 1. The highest BCUT2D eigenvalue weighted by Crippen LogP contribution is 2.32. The van der Waals surface area contributed by atoms with Crippen molar-refractivity contribution < 1.29 is 0 Å². The minimum absolute atomic E-state index is 0.920. The van der Waals surface area contributed by atoms with Crippen molar-refractivity contribution in [3.63, 3.8) is 0 Å². The van der Waals surface area contributed by atoms with Gasteiger partial charge < -0.3 is 10.2 Å². The molecule has 0 radical (unpaired) electrons. The molecule has 1 aliphatic carbocycles. The number of rotatable bonds is 5. The molecule has 1 fully saturated rings. The van der Waals surface area contributed by atoms with E-state index >= 15 is 0 Å². The van der Waals surface area contributed by atoms with Crippen molar-refractivity contribution in [2.75, 3.05) is 25.5 Å². The third-order valence-corrected chi connectivity index (χ3v) is 3.54. The second-order valence-corrected chi connectivity index (χ2v) is 5.54. The highest BCUT2D eigenvalue weighted by atomic mass is 79.9. The fraction of sp³-hybridized carbons (Fsp3) is 0.538. The van der Waals surface area contributed by atoms with E-state index in [1.54, 1.807) is 0 Å². The molecule has 88 valence electrons. The summed E-state index contributed by atoms with van der Waals surface area (Å²) in [6.45, 7) is 2.11. The number of halogens is 1. The average Bonchev–Trinajstić information content (AvgIpc) is 3.02. The van der Waals surface area contributed by atoms with Crippen LogP contribution in [0.3, 0.4) is 0 Å². The van der Waals surface area contributed by atoms with Crippen molar-refractivity contribution in [3.8, 4) is 0 Å². The van der Waals surface area contributed by atoms with E-state index in [2.05, 4.69) is 51.4 Å². The monoisotopic (exact) mass is 282 g/mol. The zero-order valence-electron chi connectivity index (χ0n) is 9.96. The quantitative estimate of drug-likeness (QED) is 0.893. The molecular weight excluding hydrogens is 264 g/mol. The molecule has 0 bridgehead atoms. The van der Waals surface area contributed by atoms with E-state index in [1.165, 1.54) is 30.6 Å². The summed E-state index contributed by atoms with van der Waals surface area (Å²) in [5.41, 5.74) is 2.71. The van der Waals surface area contributed by atoms with Gasteiger partial charge in [0.2, 0.25) is 0 Å². The Bertz CT molecular complexity index is 361. The van der Waals surface area contributed by atoms with Crippen LogP contribution in [0.4, 0.5) is 5.69 Å². The van der Waals surface area contributed by atoms with E-state index in [0.29, 0.717) is 0 Å². The number of nitrogens with one attached hydrogen (secondary N) is 1. The minimum Gasteiger partial charge on any atom is -0.374 e. The molecule has 1 aromatic rings. The van der Waals surface area contributed by atoms with Crippen LogP contribution < -0.4 is 10.2 Å². The summed E-state index contributed by atoms with van der Waals surface area (Å²) < 4.78 is 1.15. The first-order valence-corrected chi connectivity index (χ1v) is 6.64. The van der Waals surface area contributed by atoms with Gasteiger partial charge in [0.15, 0.2) is 0 Å². The van der Waals surface area contributed by atoms with Crippen LogP contribution in [0.2, 0.25) is 0 Å². The highest BCUT2D eigenvalue weighted by molar-refractivity contribution is 9.10. The summed E-state index contributed by atoms with van der Waals surface area (Å²) in [6.07, 6.45) is 2.81. The van der Waals surface area contributed by atoms with Crippen LogP contribution in [-0.2, 0) is 6.54 Å². The van der Waals surface area contributed by atoms with Gasteiger partial charge in [-0.05, 0) is 49.6 Å². The molecule has 2 rings (SSSR count). The third kappa shape index (κ3) is 2.98. The molecule has 0 amide bonds. The van der Waals surface area contributed by atoms with Gasteiger partial charge in [-0.1, -0.05) is 15.9 Å². The molecule has 0 unspecified atom stereocenters. The van der Waals surface area contributed by atoms with Crippen LogP contribution in [0.15, 0.2) is 22.7 Å². The van der Waals surface area contributed by atoms with Crippen LogP contribution in [0, 0.1) is 5.92 Å². The van der Waals surface area contributed by atoms with Gasteiger partial charge in [-0.15, -0.1) is 0 Å². The summed E-state index contributed by atoms with van der Waals surface area (Å²) in [7, 11) is 4.19. The predicted molar refractivity (Wildman–Crippen MR) is 72.9 cm³/mol. The Morgan fingerprint density at radius 1 is 1.44 bits per heavy atom. The van der Waals surface area contributed by atoms with Gasteiger partial charge in [0.25, 0.3) is 0 Å². The van der Waals surface area contributed by atoms with E-state index in [-0.39, 0.29) is 0 Å². The molecule has 0 aliphatic heterocycles. The van der Waals surface area contributed by atoms with E-state index in [9.17, 15) is 0 Å². The van der Waals surface area contributed by atoms with Crippen LogP contribution in [0.25, 0.3) is 0 Å². The smallest absolute Gasteiger partial charge is 0.0410 e. The number of nitrogens with zero attached hydrogens (tertiary/aromatic N) is 1. The first-order valence-electron chi connectivity index (χ1n) is 5.85. The van der Waals surface area contributed by atoms with Crippen molar-refractivity contribution in [3.05, 3.63) is 28.2 Å². The maximum atomic E-state index is 3.53. The molecule has 1 N–H and O–H groups in total. The summed E-state index contributed by atoms with van der Waals surface area (Å²) in [5, 5.41) is 3.23. The topological polar surface area (TPSA) is 15.3 Å². The van der Waals surface area contributed by atoms with E-state index in [1.807, 2.05) is 7.05 Å². The first kappa shape index (κ1) is 11.9. The Hall–Kier alpha value is -0.540. The lowest BCUT2D eigenvalue weighted by atomic mass is 10.1. The molecule has 3 heteroatoms. The standard InChI is InChI=1S/C13H19BrN2/c1-15-8-11-7-12(14)5-6-13(11)16(2)9-10-3-4-10/h5-7,10,15H,3-4,8-9H2,1-2H3. The van der Waals surface area contributed by atoms with Crippen molar-refractivity contribution >= 4 is 21.6 Å². The normalized spacial score (nSPS) is 15.2. The summed E-state index contributed by atoms with van der Waals surface area (Å²) >= 11 is 3.53. The second kappa shape index (κ2) is 5.19. The van der Waals surface area contributed by atoms with Crippen molar-refractivity contribution in [1.29, 1.82) is 0 Å². The Balaban J connectivity index is 2.15. The average molecular weight is 283 g/mol. The molecule has 1 saturated carbocycles. The van der Waals surface area contributed by atoms with Crippen molar-refractivity contribution in [2.24, 2.45) is 5.92 Å². The molecule has 0 heterocycles. The fourth-order valence-electron chi connectivity index (χ4n) is 2.04. The van der Waals surface area contributed by atoms with Gasteiger partial charge in [-0.25, -0.2) is 0 Å². The first-order chi connectivity index (χ1) is 7.70. The molecule has 0 spiro atoms. The molecule has 1 aliphatic rings. The van der Waals surface area contributed by atoms with Crippen molar-refractivity contribution in [1.82, 2.24) is 5.32 Å². The number of hydrogen-bond acceptors (Lipinski definition) is 2. The zero-order chi connectivity index (χ0) is 11.5. The van der Waals surface area contributed by atoms with Crippen LogP contribution in [0.5, 0.6) is 0 Å². The highest BCUT2D eigenvalue weighted by Gasteiger charge is 2.23. The Morgan fingerprint density at radius 2 is 2.19 bits per heavy atom. The van der Waals surface area contributed by atoms with E-state index in [4.69, 9.17) is 0 Å². The SMILES string of the molecule is CNCc1cc(Br)ccc1N(C)CC1CC1. The molecule has 0 aromatic heterocycles.